The summed E-state index contributed by atoms with van der Waals surface area (Å²) in [5, 5.41) is 0. The number of unbranched alkanes of at least 4 members (excludes halogenated alkanes) is 1. The molecule has 34 heavy (non-hydrogen) atoms. The summed E-state index contributed by atoms with van der Waals surface area (Å²) in [6, 6.07) is 11.7. The molecule has 2 aromatic carbocycles. The van der Waals surface area contributed by atoms with Gasteiger partial charge in [0.25, 0.3) is 5.91 Å². The standard InChI is InChI=1S/C24H31N3O5S2/c1-5-7-14-26(6-2)34(29,30)20-11-8-18(9-12-20)23(28)25-24-27(15-16-31-3)21-13-10-19(32-4)17-22(21)33-24/h8-13,17H,5-7,14-16H2,1-4H3. The highest BCUT2D eigenvalue weighted by Crippen LogP contribution is 2.23. The topological polar surface area (TPSA) is 90.2 Å². The number of methoxy groups -OCH3 is 2. The zero-order valence-electron chi connectivity index (χ0n) is 20.0. The van der Waals surface area contributed by atoms with E-state index in [1.54, 1.807) is 14.2 Å². The summed E-state index contributed by atoms with van der Waals surface area (Å²) in [7, 11) is -0.372. The minimum Gasteiger partial charge on any atom is -0.497 e. The number of thiazole rings is 1. The van der Waals surface area contributed by atoms with E-state index in [2.05, 4.69) is 4.99 Å². The number of amides is 1. The van der Waals surface area contributed by atoms with Crippen molar-refractivity contribution in [1.82, 2.24) is 8.87 Å². The van der Waals surface area contributed by atoms with E-state index < -0.39 is 15.9 Å². The van der Waals surface area contributed by atoms with E-state index in [4.69, 9.17) is 9.47 Å². The zero-order chi connectivity index (χ0) is 24.7. The lowest BCUT2D eigenvalue weighted by Gasteiger charge is -2.20. The highest BCUT2D eigenvalue weighted by atomic mass is 32.2. The second-order valence-corrected chi connectivity index (χ2v) is 10.6. The number of fused-ring (bicyclic) bond motifs is 1. The number of carbonyl (C=O) groups is 1. The molecule has 0 unspecified atom stereocenters. The van der Waals surface area contributed by atoms with Crippen LogP contribution in [0.15, 0.2) is 52.4 Å². The molecular weight excluding hydrogens is 474 g/mol. The molecule has 1 heterocycles. The Morgan fingerprint density at radius 2 is 1.85 bits per heavy atom. The molecule has 0 aliphatic carbocycles. The molecule has 0 aliphatic heterocycles. The molecule has 8 nitrogen and oxygen atoms in total. The summed E-state index contributed by atoms with van der Waals surface area (Å²) < 4.78 is 40.7. The van der Waals surface area contributed by atoms with Crippen molar-refractivity contribution in [2.24, 2.45) is 4.99 Å². The molecular formula is C24H31N3O5S2. The molecule has 184 valence electrons. The Balaban J connectivity index is 1.94. The lowest BCUT2D eigenvalue weighted by Crippen LogP contribution is -2.31. The predicted molar refractivity (Wildman–Crippen MR) is 134 cm³/mol. The third-order valence-corrected chi connectivity index (χ3v) is 8.49. The number of hydrogen-bond donors (Lipinski definition) is 0. The summed E-state index contributed by atoms with van der Waals surface area (Å²) >= 11 is 1.39. The van der Waals surface area contributed by atoms with Crippen molar-refractivity contribution >= 4 is 37.5 Å². The van der Waals surface area contributed by atoms with Crippen LogP contribution >= 0.6 is 11.3 Å². The molecule has 1 aromatic heterocycles. The number of aromatic nitrogens is 1. The maximum absolute atomic E-state index is 12.9. The second kappa shape index (κ2) is 11.7. The zero-order valence-corrected chi connectivity index (χ0v) is 21.6. The Morgan fingerprint density at radius 3 is 2.47 bits per heavy atom. The van der Waals surface area contributed by atoms with E-state index in [1.807, 2.05) is 36.6 Å². The summed E-state index contributed by atoms with van der Waals surface area (Å²) in [6.45, 7) is 5.73. The van der Waals surface area contributed by atoms with Crippen LogP contribution in [0.5, 0.6) is 5.75 Å². The molecule has 1 amide bonds. The maximum atomic E-state index is 12.9. The van der Waals surface area contributed by atoms with E-state index in [-0.39, 0.29) is 4.90 Å². The first-order chi connectivity index (χ1) is 16.3. The second-order valence-electron chi connectivity index (χ2n) is 7.65. The summed E-state index contributed by atoms with van der Waals surface area (Å²) in [6.07, 6.45) is 1.71. The van der Waals surface area contributed by atoms with Crippen LogP contribution in [0, 0.1) is 0 Å². The monoisotopic (exact) mass is 505 g/mol. The molecule has 0 radical (unpaired) electrons. The van der Waals surface area contributed by atoms with Gasteiger partial charge in [0.2, 0.25) is 10.0 Å². The number of carbonyl (C=O) groups excluding carboxylic acids is 1. The van der Waals surface area contributed by atoms with Gasteiger partial charge in [0.15, 0.2) is 4.80 Å². The van der Waals surface area contributed by atoms with Gasteiger partial charge in [-0.1, -0.05) is 31.6 Å². The fourth-order valence-electron chi connectivity index (χ4n) is 3.52. The molecule has 0 N–H and O–H groups in total. The van der Waals surface area contributed by atoms with E-state index in [1.165, 1.54) is 39.9 Å². The Kier molecular flexibility index (Phi) is 9.01. The largest absolute Gasteiger partial charge is 0.497 e. The maximum Gasteiger partial charge on any atom is 0.279 e. The van der Waals surface area contributed by atoms with E-state index >= 15 is 0 Å². The molecule has 0 saturated heterocycles. The van der Waals surface area contributed by atoms with Crippen molar-refractivity contribution in [3.63, 3.8) is 0 Å². The smallest absolute Gasteiger partial charge is 0.279 e. The Morgan fingerprint density at radius 1 is 1.12 bits per heavy atom. The number of ether oxygens (including phenoxy) is 2. The first kappa shape index (κ1) is 26.1. The number of nitrogens with zero attached hydrogens (tertiary/aromatic N) is 3. The summed E-state index contributed by atoms with van der Waals surface area (Å²) in [5.41, 5.74) is 1.26. The van der Waals surface area contributed by atoms with Crippen LogP contribution in [0.3, 0.4) is 0 Å². The van der Waals surface area contributed by atoms with Gasteiger partial charge in [-0.2, -0.15) is 9.30 Å². The average Bonchev–Trinajstić information content (AvgIpc) is 3.18. The number of rotatable bonds is 11. The third kappa shape index (κ3) is 5.75. The van der Waals surface area contributed by atoms with Crippen LogP contribution in [0.1, 0.15) is 37.0 Å². The highest BCUT2D eigenvalue weighted by molar-refractivity contribution is 7.89. The van der Waals surface area contributed by atoms with Crippen molar-refractivity contribution in [2.75, 3.05) is 33.9 Å². The fourth-order valence-corrected chi connectivity index (χ4v) is 6.09. The average molecular weight is 506 g/mol. The molecule has 0 bridgehead atoms. The van der Waals surface area contributed by atoms with Crippen molar-refractivity contribution in [3.8, 4) is 5.75 Å². The van der Waals surface area contributed by atoms with Crippen molar-refractivity contribution in [2.45, 2.75) is 38.1 Å². The minimum atomic E-state index is -3.60. The predicted octanol–water partition coefficient (Wildman–Crippen LogP) is 3.91. The van der Waals surface area contributed by atoms with Crippen molar-refractivity contribution < 1.29 is 22.7 Å². The van der Waals surface area contributed by atoms with Crippen molar-refractivity contribution in [1.29, 1.82) is 0 Å². The van der Waals surface area contributed by atoms with E-state index in [9.17, 15) is 13.2 Å². The molecule has 0 spiro atoms. The molecule has 10 heteroatoms. The van der Waals surface area contributed by atoms with Gasteiger partial charge in [0.05, 0.1) is 28.8 Å². The Hall–Kier alpha value is -2.53. The third-order valence-electron chi connectivity index (χ3n) is 5.46. The molecule has 0 aliphatic rings. The van der Waals surface area contributed by atoms with Crippen LogP contribution in [0.25, 0.3) is 10.2 Å². The van der Waals surface area contributed by atoms with Gasteiger partial charge in [-0.25, -0.2) is 8.42 Å². The van der Waals surface area contributed by atoms with Crippen LogP contribution < -0.4 is 9.54 Å². The van der Waals surface area contributed by atoms with Gasteiger partial charge in [0.1, 0.15) is 5.75 Å². The van der Waals surface area contributed by atoms with Crippen LogP contribution in [-0.4, -0.2) is 57.1 Å². The van der Waals surface area contributed by atoms with Crippen LogP contribution in [-0.2, 0) is 21.3 Å². The van der Waals surface area contributed by atoms with Gasteiger partial charge in [-0.3, -0.25) is 4.79 Å². The van der Waals surface area contributed by atoms with Gasteiger partial charge in [-0.15, -0.1) is 0 Å². The van der Waals surface area contributed by atoms with E-state index in [0.717, 1.165) is 28.8 Å². The van der Waals surface area contributed by atoms with Gasteiger partial charge in [-0.05, 0) is 48.9 Å². The van der Waals surface area contributed by atoms with E-state index in [0.29, 0.717) is 36.6 Å². The van der Waals surface area contributed by atoms with Crippen molar-refractivity contribution in [3.05, 3.63) is 52.8 Å². The van der Waals surface area contributed by atoms with Gasteiger partial charge >= 0.3 is 0 Å². The molecule has 3 aromatic rings. The highest BCUT2D eigenvalue weighted by Gasteiger charge is 2.22. The Labute approximate surface area is 204 Å². The lowest BCUT2D eigenvalue weighted by atomic mass is 10.2. The number of hydrogen-bond acceptors (Lipinski definition) is 6. The summed E-state index contributed by atoms with van der Waals surface area (Å²) in [4.78, 5) is 18.0. The first-order valence-electron chi connectivity index (χ1n) is 11.2. The van der Waals surface area contributed by atoms with Gasteiger partial charge in [0, 0.05) is 32.3 Å². The number of benzene rings is 2. The minimum absolute atomic E-state index is 0.172. The summed E-state index contributed by atoms with van der Waals surface area (Å²) in [5.74, 6) is 0.286. The lowest BCUT2D eigenvalue weighted by molar-refractivity contribution is 0.0997. The normalized spacial score (nSPS) is 12.6. The molecule has 3 rings (SSSR count). The molecule has 0 atom stereocenters. The number of sulfonamides is 1. The molecule has 0 fully saturated rings. The quantitative estimate of drug-likeness (QED) is 0.394. The van der Waals surface area contributed by atoms with Crippen LogP contribution in [0.4, 0.5) is 0 Å². The fraction of sp³-hybridized carbons (Fsp3) is 0.417. The van der Waals surface area contributed by atoms with Gasteiger partial charge < -0.3 is 14.0 Å². The SMILES string of the molecule is CCCCN(CC)S(=O)(=O)c1ccc(C(=O)N=c2sc3cc(OC)ccc3n2CCOC)cc1. The molecule has 0 saturated carbocycles. The van der Waals surface area contributed by atoms with Crippen LogP contribution in [0.2, 0.25) is 0 Å². The Bertz CT molecular complexity index is 1290. The first-order valence-corrected chi connectivity index (χ1v) is 13.5.